The van der Waals surface area contributed by atoms with Crippen LogP contribution in [0, 0.1) is 5.41 Å². The summed E-state index contributed by atoms with van der Waals surface area (Å²) >= 11 is 0. The highest BCUT2D eigenvalue weighted by Gasteiger charge is 2.58. The van der Waals surface area contributed by atoms with Gasteiger partial charge in [0.1, 0.15) is 5.41 Å². The Kier molecular flexibility index (Phi) is 2.92. The molecule has 0 spiro atoms. The molecule has 1 aromatic carbocycles. The summed E-state index contributed by atoms with van der Waals surface area (Å²) < 4.78 is 0. The van der Waals surface area contributed by atoms with E-state index in [0.717, 1.165) is 17.9 Å². The Hall–Kier alpha value is -2.04. The van der Waals surface area contributed by atoms with Crippen LogP contribution in [0.15, 0.2) is 24.3 Å². The molecule has 1 heterocycles. The van der Waals surface area contributed by atoms with Crippen molar-refractivity contribution < 1.29 is 9.59 Å². The second kappa shape index (κ2) is 4.51. The minimum Gasteiger partial charge on any atom is -0.371 e. The molecule has 5 nitrogen and oxygen atoms in total. The SMILES string of the molecule is CNC(=O)C1(C(=O)N2CCN(C)c3ccccc32)CC1. The number of benzene rings is 1. The second-order valence-electron chi connectivity index (χ2n) is 5.53. The second-order valence-corrected chi connectivity index (χ2v) is 5.53. The number of fused-ring (bicyclic) bond motifs is 1. The van der Waals surface area contributed by atoms with Gasteiger partial charge in [0.15, 0.2) is 0 Å². The van der Waals surface area contributed by atoms with Gasteiger partial charge in [0.2, 0.25) is 11.8 Å². The van der Waals surface area contributed by atoms with Crippen molar-refractivity contribution in [3.8, 4) is 0 Å². The van der Waals surface area contributed by atoms with E-state index in [9.17, 15) is 9.59 Å². The van der Waals surface area contributed by atoms with Gasteiger partial charge in [-0.3, -0.25) is 9.59 Å². The average Bonchev–Trinajstić information content (AvgIpc) is 3.28. The molecule has 0 unspecified atom stereocenters. The molecule has 0 radical (unpaired) electrons. The molecule has 2 aliphatic rings. The van der Waals surface area contributed by atoms with E-state index < -0.39 is 5.41 Å². The normalized spacial score (nSPS) is 19.3. The molecule has 5 heteroatoms. The van der Waals surface area contributed by atoms with Gasteiger partial charge in [0.25, 0.3) is 0 Å². The third-order valence-electron chi connectivity index (χ3n) is 4.31. The maximum Gasteiger partial charge on any atom is 0.242 e. The highest BCUT2D eigenvalue weighted by Crippen LogP contribution is 2.49. The summed E-state index contributed by atoms with van der Waals surface area (Å²) in [5.41, 5.74) is 1.12. The zero-order chi connectivity index (χ0) is 14.3. The molecular weight excluding hydrogens is 254 g/mol. The van der Waals surface area contributed by atoms with Gasteiger partial charge in [-0.1, -0.05) is 12.1 Å². The van der Waals surface area contributed by atoms with E-state index in [0.29, 0.717) is 19.4 Å². The van der Waals surface area contributed by atoms with Crippen LogP contribution in [0.5, 0.6) is 0 Å². The van der Waals surface area contributed by atoms with Crippen molar-refractivity contribution in [2.24, 2.45) is 5.41 Å². The average molecular weight is 273 g/mol. The van der Waals surface area contributed by atoms with Gasteiger partial charge in [-0.25, -0.2) is 0 Å². The van der Waals surface area contributed by atoms with Gasteiger partial charge in [-0.05, 0) is 25.0 Å². The summed E-state index contributed by atoms with van der Waals surface area (Å²) in [5.74, 6) is -0.212. The van der Waals surface area contributed by atoms with Crippen molar-refractivity contribution in [2.75, 3.05) is 37.0 Å². The minimum absolute atomic E-state index is 0.0580. The number of hydrogen-bond acceptors (Lipinski definition) is 3. The van der Waals surface area contributed by atoms with Crippen LogP contribution >= 0.6 is 0 Å². The zero-order valence-electron chi connectivity index (χ0n) is 11.8. The molecule has 20 heavy (non-hydrogen) atoms. The molecule has 1 aliphatic carbocycles. The topological polar surface area (TPSA) is 52.7 Å². The van der Waals surface area contributed by atoms with Crippen molar-refractivity contribution in [3.05, 3.63) is 24.3 Å². The molecule has 106 valence electrons. The lowest BCUT2D eigenvalue weighted by molar-refractivity contribution is -0.135. The number of nitrogens with one attached hydrogen (secondary N) is 1. The van der Waals surface area contributed by atoms with Crippen molar-refractivity contribution in [2.45, 2.75) is 12.8 Å². The Balaban J connectivity index is 1.94. The zero-order valence-corrected chi connectivity index (χ0v) is 11.8. The lowest BCUT2D eigenvalue weighted by Gasteiger charge is -2.37. The number of amides is 2. The largest absolute Gasteiger partial charge is 0.371 e. The summed E-state index contributed by atoms with van der Waals surface area (Å²) in [6.07, 6.45) is 1.31. The molecule has 0 aromatic heterocycles. The Labute approximate surface area is 118 Å². The number of likely N-dealkylation sites (N-methyl/N-ethyl adjacent to an activating group) is 1. The van der Waals surface area contributed by atoms with E-state index in [1.54, 1.807) is 11.9 Å². The van der Waals surface area contributed by atoms with Crippen molar-refractivity contribution in [1.29, 1.82) is 0 Å². The van der Waals surface area contributed by atoms with Crippen LogP contribution in [0.25, 0.3) is 0 Å². The number of para-hydroxylation sites is 2. The van der Waals surface area contributed by atoms with E-state index in [4.69, 9.17) is 0 Å². The monoisotopic (exact) mass is 273 g/mol. The quantitative estimate of drug-likeness (QED) is 0.818. The predicted octanol–water partition coefficient (Wildman–Crippen LogP) is 0.996. The van der Waals surface area contributed by atoms with Gasteiger partial charge in [0.05, 0.1) is 11.4 Å². The number of rotatable bonds is 2. The first-order valence-corrected chi connectivity index (χ1v) is 6.94. The number of nitrogens with zero attached hydrogens (tertiary/aromatic N) is 2. The molecule has 1 aliphatic heterocycles. The smallest absolute Gasteiger partial charge is 0.242 e. The number of hydrogen-bond donors (Lipinski definition) is 1. The molecule has 3 rings (SSSR count). The third kappa shape index (κ3) is 1.77. The number of carbonyl (C=O) groups is 2. The van der Waals surface area contributed by atoms with Crippen molar-refractivity contribution in [1.82, 2.24) is 5.32 Å². The Morgan fingerprint density at radius 2 is 1.80 bits per heavy atom. The lowest BCUT2D eigenvalue weighted by Crippen LogP contribution is -2.49. The molecule has 1 fully saturated rings. The Morgan fingerprint density at radius 1 is 1.15 bits per heavy atom. The first-order chi connectivity index (χ1) is 9.60. The standard InChI is InChI=1S/C15H19N3O2/c1-16-13(19)15(7-8-15)14(20)18-10-9-17(2)11-5-3-4-6-12(11)18/h3-6H,7-10H2,1-2H3,(H,16,19). The fourth-order valence-electron chi connectivity index (χ4n) is 2.88. The highest BCUT2D eigenvalue weighted by atomic mass is 16.2. The summed E-state index contributed by atoms with van der Waals surface area (Å²) in [6, 6.07) is 7.85. The number of carbonyl (C=O) groups excluding carboxylic acids is 2. The summed E-state index contributed by atoms with van der Waals surface area (Å²) in [5, 5.41) is 2.62. The van der Waals surface area contributed by atoms with E-state index >= 15 is 0 Å². The minimum atomic E-state index is -0.822. The van der Waals surface area contributed by atoms with Gasteiger partial charge in [-0.15, -0.1) is 0 Å². The molecule has 2 amide bonds. The van der Waals surface area contributed by atoms with Gasteiger partial charge in [0, 0.05) is 27.2 Å². The highest BCUT2D eigenvalue weighted by molar-refractivity contribution is 6.15. The van der Waals surface area contributed by atoms with Crippen LogP contribution in [0.2, 0.25) is 0 Å². The van der Waals surface area contributed by atoms with E-state index in [2.05, 4.69) is 10.2 Å². The Morgan fingerprint density at radius 3 is 2.40 bits per heavy atom. The summed E-state index contributed by atoms with van der Waals surface area (Å²) in [6.45, 7) is 1.41. The number of anilines is 2. The predicted molar refractivity (Wildman–Crippen MR) is 77.8 cm³/mol. The van der Waals surface area contributed by atoms with Gasteiger partial charge in [-0.2, -0.15) is 0 Å². The van der Waals surface area contributed by atoms with Gasteiger partial charge < -0.3 is 15.1 Å². The van der Waals surface area contributed by atoms with E-state index in [-0.39, 0.29) is 11.8 Å². The summed E-state index contributed by atoms with van der Waals surface area (Å²) in [4.78, 5) is 28.7. The van der Waals surface area contributed by atoms with Crippen molar-refractivity contribution >= 4 is 23.2 Å². The molecule has 0 bridgehead atoms. The van der Waals surface area contributed by atoms with E-state index in [1.807, 2.05) is 31.3 Å². The van der Waals surface area contributed by atoms with Crippen LogP contribution in [-0.2, 0) is 9.59 Å². The molecule has 0 saturated heterocycles. The fraction of sp³-hybridized carbons (Fsp3) is 0.467. The fourth-order valence-corrected chi connectivity index (χ4v) is 2.88. The van der Waals surface area contributed by atoms with E-state index in [1.165, 1.54) is 0 Å². The van der Waals surface area contributed by atoms with Crippen LogP contribution in [0.1, 0.15) is 12.8 Å². The molecule has 0 atom stereocenters. The van der Waals surface area contributed by atoms with Gasteiger partial charge >= 0.3 is 0 Å². The van der Waals surface area contributed by atoms with Crippen LogP contribution in [0.3, 0.4) is 0 Å². The van der Waals surface area contributed by atoms with Crippen LogP contribution in [-0.4, -0.2) is 39.0 Å². The lowest BCUT2D eigenvalue weighted by atomic mass is 10.0. The third-order valence-corrected chi connectivity index (χ3v) is 4.31. The van der Waals surface area contributed by atoms with Crippen molar-refractivity contribution in [3.63, 3.8) is 0 Å². The molecular formula is C15H19N3O2. The summed E-state index contributed by atoms with van der Waals surface area (Å²) in [7, 11) is 3.61. The maximum absolute atomic E-state index is 12.8. The molecule has 1 saturated carbocycles. The Bertz CT molecular complexity index is 566. The van der Waals surface area contributed by atoms with Crippen LogP contribution < -0.4 is 15.1 Å². The maximum atomic E-state index is 12.8. The first kappa shape index (κ1) is 13.0. The first-order valence-electron chi connectivity index (χ1n) is 6.94. The van der Waals surface area contributed by atoms with Crippen LogP contribution in [0.4, 0.5) is 11.4 Å². The molecule has 1 N–H and O–H groups in total. The molecule has 1 aromatic rings.